The first-order valence-corrected chi connectivity index (χ1v) is 5.38. The molecular weight excluding hydrogens is 269 g/mol. The van der Waals surface area contributed by atoms with Crippen LogP contribution in [0.4, 0.5) is 27.5 Å². The van der Waals surface area contributed by atoms with Crippen LogP contribution in [0.2, 0.25) is 0 Å². The van der Waals surface area contributed by atoms with Crippen molar-refractivity contribution in [1.82, 2.24) is 9.97 Å². The zero-order valence-corrected chi connectivity index (χ0v) is 10.3. The summed E-state index contributed by atoms with van der Waals surface area (Å²) in [4.78, 5) is 17.3. The maximum atomic E-state index is 13.3. The number of hydrogen-bond donors (Lipinski definition) is 2. The van der Waals surface area contributed by atoms with Crippen LogP contribution >= 0.6 is 0 Å². The maximum absolute atomic E-state index is 13.3. The lowest BCUT2D eigenvalue weighted by Crippen LogP contribution is -2.04. The molecule has 0 amide bonds. The molecule has 2 aromatic rings. The van der Waals surface area contributed by atoms with Crippen LogP contribution in [0.15, 0.2) is 24.4 Å². The fourth-order valence-electron chi connectivity index (χ4n) is 1.47. The van der Waals surface area contributed by atoms with Crippen molar-refractivity contribution in [2.75, 3.05) is 18.2 Å². The van der Waals surface area contributed by atoms with E-state index < -0.39 is 16.4 Å². The highest BCUT2D eigenvalue weighted by Gasteiger charge is 2.14. The third-order valence-corrected chi connectivity index (χ3v) is 2.36. The Hall–Kier alpha value is -2.97. The van der Waals surface area contributed by atoms with E-state index in [-0.39, 0.29) is 11.8 Å². The Morgan fingerprint density at radius 2 is 2.20 bits per heavy atom. The van der Waals surface area contributed by atoms with E-state index in [1.165, 1.54) is 25.3 Å². The first-order chi connectivity index (χ1) is 9.49. The van der Waals surface area contributed by atoms with Gasteiger partial charge in [0.15, 0.2) is 0 Å². The third-order valence-electron chi connectivity index (χ3n) is 2.36. The summed E-state index contributed by atoms with van der Waals surface area (Å²) in [7, 11) is 1.40. The molecule has 1 aromatic heterocycles. The number of ether oxygens (including phenoxy) is 1. The van der Waals surface area contributed by atoms with Gasteiger partial charge in [-0.05, 0) is 6.07 Å². The van der Waals surface area contributed by atoms with Crippen molar-refractivity contribution in [3.63, 3.8) is 0 Å². The van der Waals surface area contributed by atoms with E-state index in [0.717, 1.165) is 6.20 Å². The van der Waals surface area contributed by atoms with E-state index in [4.69, 9.17) is 10.5 Å². The van der Waals surface area contributed by atoms with Gasteiger partial charge in [0, 0.05) is 17.8 Å². The molecule has 0 saturated carbocycles. The normalized spacial score (nSPS) is 10.1. The number of rotatable bonds is 4. The van der Waals surface area contributed by atoms with Crippen LogP contribution in [-0.4, -0.2) is 22.0 Å². The van der Waals surface area contributed by atoms with Crippen LogP contribution in [0.5, 0.6) is 5.75 Å². The molecule has 20 heavy (non-hydrogen) atoms. The molecule has 0 fully saturated rings. The van der Waals surface area contributed by atoms with Crippen molar-refractivity contribution in [2.45, 2.75) is 0 Å². The van der Waals surface area contributed by atoms with Gasteiger partial charge in [0.05, 0.1) is 12.0 Å². The second kappa shape index (κ2) is 5.34. The number of benzene rings is 1. The van der Waals surface area contributed by atoms with Gasteiger partial charge in [-0.1, -0.05) is 0 Å². The first-order valence-electron chi connectivity index (χ1n) is 5.38. The van der Waals surface area contributed by atoms with E-state index in [1.54, 1.807) is 0 Å². The number of halogens is 1. The van der Waals surface area contributed by atoms with Crippen molar-refractivity contribution in [3.8, 4) is 5.75 Å². The molecule has 0 aliphatic rings. The molecule has 0 bridgehead atoms. The Morgan fingerprint density at radius 3 is 2.80 bits per heavy atom. The average Bonchev–Trinajstić information content (AvgIpc) is 2.37. The number of methoxy groups -OCH3 is 1. The zero-order chi connectivity index (χ0) is 14.7. The smallest absolute Gasteiger partial charge is 0.329 e. The summed E-state index contributed by atoms with van der Waals surface area (Å²) in [5.74, 6) is -0.472. The minimum Gasteiger partial charge on any atom is -0.497 e. The molecule has 1 heterocycles. The summed E-state index contributed by atoms with van der Waals surface area (Å²) in [6.45, 7) is 0. The Morgan fingerprint density at radius 1 is 1.45 bits per heavy atom. The number of hydrogen-bond acceptors (Lipinski definition) is 7. The number of nitrogens with zero attached hydrogens (tertiary/aromatic N) is 3. The number of nitro groups is 1. The van der Waals surface area contributed by atoms with Crippen molar-refractivity contribution in [2.24, 2.45) is 0 Å². The van der Waals surface area contributed by atoms with Crippen molar-refractivity contribution < 1.29 is 14.1 Å². The third kappa shape index (κ3) is 2.88. The van der Waals surface area contributed by atoms with Gasteiger partial charge in [0.2, 0.25) is 11.8 Å². The van der Waals surface area contributed by atoms with Crippen LogP contribution in [-0.2, 0) is 0 Å². The summed E-state index contributed by atoms with van der Waals surface area (Å²) >= 11 is 0. The van der Waals surface area contributed by atoms with Gasteiger partial charge in [0.25, 0.3) is 0 Å². The highest BCUT2D eigenvalue weighted by Crippen LogP contribution is 2.24. The minimum atomic E-state index is -0.690. The minimum absolute atomic E-state index is 0.0146. The van der Waals surface area contributed by atoms with Crippen LogP contribution in [0.1, 0.15) is 0 Å². The predicted molar refractivity (Wildman–Crippen MR) is 69.3 cm³/mol. The monoisotopic (exact) mass is 279 g/mol. The van der Waals surface area contributed by atoms with Gasteiger partial charge >= 0.3 is 5.69 Å². The molecule has 0 spiro atoms. The largest absolute Gasteiger partial charge is 0.497 e. The Labute approximate surface area is 112 Å². The molecule has 0 unspecified atom stereocenters. The van der Waals surface area contributed by atoms with Crippen molar-refractivity contribution >= 4 is 23.1 Å². The number of nitrogen functional groups attached to an aromatic ring is 1. The molecule has 2 rings (SSSR count). The molecule has 9 heteroatoms. The highest BCUT2D eigenvalue weighted by atomic mass is 19.1. The van der Waals surface area contributed by atoms with Gasteiger partial charge in [-0.25, -0.2) is 9.37 Å². The van der Waals surface area contributed by atoms with Crippen molar-refractivity contribution in [1.29, 1.82) is 0 Å². The van der Waals surface area contributed by atoms with Gasteiger partial charge in [0.1, 0.15) is 17.8 Å². The quantitative estimate of drug-likeness (QED) is 0.648. The molecule has 0 aliphatic carbocycles. The zero-order valence-electron chi connectivity index (χ0n) is 10.3. The summed E-state index contributed by atoms with van der Waals surface area (Å²) in [5, 5.41) is 13.3. The molecule has 8 nitrogen and oxygen atoms in total. The van der Waals surface area contributed by atoms with Crippen LogP contribution < -0.4 is 15.8 Å². The van der Waals surface area contributed by atoms with Gasteiger partial charge in [-0.2, -0.15) is 4.98 Å². The second-order valence-corrected chi connectivity index (χ2v) is 3.73. The fourth-order valence-corrected chi connectivity index (χ4v) is 1.47. The lowest BCUT2D eigenvalue weighted by atomic mass is 10.3. The summed E-state index contributed by atoms with van der Waals surface area (Å²) in [6, 6.07) is 3.92. The summed E-state index contributed by atoms with van der Waals surface area (Å²) in [5.41, 5.74) is 5.36. The fraction of sp³-hybridized carbons (Fsp3) is 0.0909. The Balaban J connectivity index is 2.28. The lowest BCUT2D eigenvalue weighted by Gasteiger charge is -2.07. The SMILES string of the molecule is COc1cc(F)cc(Nc2ncc([N+](=O)[O-])c(N)n2)c1. The molecule has 104 valence electrons. The van der Waals surface area contributed by atoms with E-state index in [2.05, 4.69) is 15.3 Å². The Bertz CT molecular complexity index is 665. The van der Waals surface area contributed by atoms with Gasteiger partial charge in [-0.15, -0.1) is 0 Å². The molecule has 3 N–H and O–H groups in total. The number of anilines is 3. The maximum Gasteiger partial charge on any atom is 0.329 e. The number of nitrogens with two attached hydrogens (primary N) is 1. The standard InChI is InChI=1S/C11H10FN5O3/c1-20-8-3-6(12)2-7(4-8)15-11-14-5-9(17(18)19)10(13)16-11/h2-5H,1H3,(H3,13,14,15,16). The highest BCUT2D eigenvalue weighted by molar-refractivity contribution is 5.60. The summed E-state index contributed by atoms with van der Waals surface area (Å²) < 4.78 is 18.2. The second-order valence-electron chi connectivity index (χ2n) is 3.73. The number of aromatic nitrogens is 2. The predicted octanol–water partition coefficient (Wildman–Crippen LogP) is 1.86. The van der Waals surface area contributed by atoms with E-state index in [9.17, 15) is 14.5 Å². The van der Waals surface area contributed by atoms with Gasteiger partial charge < -0.3 is 15.8 Å². The molecule has 0 aliphatic heterocycles. The van der Waals surface area contributed by atoms with Gasteiger partial charge in [-0.3, -0.25) is 10.1 Å². The van der Waals surface area contributed by atoms with E-state index in [1.807, 2.05) is 0 Å². The molecule has 1 aromatic carbocycles. The number of nitrogens with one attached hydrogen (secondary N) is 1. The van der Waals surface area contributed by atoms with E-state index >= 15 is 0 Å². The Kier molecular flexibility index (Phi) is 3.60. The van der Waals surface area contributed by atoms with Crippen LogP contribution in [0.25, 0.3) is 0 Å². The average molecular weight is 279 g/mol. The molecule has 0 saturated heterocycles. The topological polar surface area (TPSA) is 116 Å². The lowest BCUT2D eigenvalue weighted by molar-refractivity contribution is -0.384. The van der Waals surface area contributed by atoms with Crippen molar-refractivity contribution in [3.05, 3.63) is 40.3 Å². The molecule has 0 radical (unpaired) electrons. The molecular formula is C11H10FN5O3. The van der Waals surface area contributed by atoms with E-state index in [0.29, 0.717) is 11.4 Å². The molecule has 0 atom stereocenters. The van der Waals surface area contributed by atoms with Crippen LogP contribution in [0.3, 0.4) is 0 Å². The first kappa shape index (κ1) is 13.5. The summed E-state index contributed by atoms with van der Waals surface area (Å²) in [6.07, 6.45) is 0.973. The van der Waals surface area contributed by atoms with Crippen LogP contribution in [0, 0.1) is 15.9 Å².